The second-order valence-corrected chi connectivity index (χ2v) is 4.48. The van der Waals surface area contributed by atoms with Crippen LogP contribution < -0.4 is 0 Å². The summed E-state index contributed by atoms with van der Waals surface area (Å²) in [5.74, 6) is 0. The van der Waals surface area contributed by atoms with Gasteiger partial charge in [-0.3, -0.25) is 0 Å². The molecule has 0 atom stereocenters. The zero-order chi connectivity index (χ0) is 13.0. The molecule has 0 aliphatic heterocycles. The van der Waals surface area contributed by atoms with Gasteiger partial charge in [-0.25, -0.2) is 0 Å². The largest absolute Gasteiger partial charge is 0.192 e. The molecule has 0 aliphatic rings. The molecule has 0 aromatic heterocycles. The number of nitrogens with zero attached hydrogens (tertiary/aromatic N) is 1. The molecule has 0 amide bonds. The third-order valence-corrected chi connectivity index (χ3v) is 2.95. The fourth-order valence-electron chi connectivity index (χ4n) is 1.81. The lowest BCUT2D eigenvalue weighted by Gasteiger charge is -2.04. The lowest BCUT2D eigenvalue weighted by Crippen LogP contribution is -1.86. The summed E-state index contributed by atoms with van der Waals surface area (Å²) >= 11 is 5.94. The third kappa shape index (κ3) is 2.80. The van der Waals surface area contributed by atoms with Crippen LogP contribution in [0.5, 0.6) is 0 Å². The maximum atomic E-state index is 9.28. The number of allylic oxidation sites excluding steroid dienone is 1. The van der Waals surface area contributed by atoms with Crippen LogP contribution in [0.15, 0.2) is 48.5 Å². The molecular formula is C16H12ClN. The van der Waals surface area contributed by atoms with Gasteiger partial charge >= 0.3 is 0 Å². The first-order chi connectivity index (χ1) is 8.70. The standard InChI is InChI=1S/C16H12ClN/c1-12-5-2-3-8-16(12)14(11-18)9-13-6-4-7-15(17)10-13/h2-10H,1H3/b14-9-. The number of benzene rings is 2. The molecule has 0 N–H and O–H groups in total. The van der Waals surface area contributed by atoms with Gasteiger partial charge in [0.25, 0.3) is 0 Å². The molecule has 1 nitrogen and oxygen atoms in total. The Labute approximate surface area is 112 Å². The van der Waals surface area contributed by atoms with Crippen LogP contribution in [0.2, 0.25) is 5.02 Å². The highest BCUT2D eigenvalue weighted by Gasteiger charge is 2.03. The molecule has 88 valence electrons. The predicted octanol–water partition coefficient (Wildman–Crippen LogP) is 4.71. The van der Waals surface area contributed by atoms with Crippen molar-refractivity contribution in [2.45, 2.75) is 6.92 Å². The van der Waals surface area contributed by atoms with E-state index >= 15 is 0 Å². The normalized spacial score (nSPS) is 11.1. The van der Waals surface area contributed by atoms with Gasteiger partial charge in [0.1, 0.15) is 0 Å². The van der Waals surface area contributed by atoms with Gasteiger partial charge in [0.05, 0.1) is 11.6 Å². The molecule has 0 aliphatic carbocycles. The van der Waals surface area contributed by atoms with E-state index in [2.05, 4.69) is 6.07 Å². The first-order valence-corrected chi connectivity index (χ1v) is 6.02. The van der Waals surface area contributed by atoms with Crippen molar-refractivity contribution in [3.05, 3.63) is 70.2 Å². The third-order valence-electron chi connectivity index (χ3n) is 2.72. The quantitative estimate of drug-likeness (QED) is 0.562. The smallest absolute Gasteiger partial charge is 0.0998 e. The number of hydrogen-bond donors (Lipinski definition) is 0. The number of nitriles is 1. The van der Waals surface area contributed by atoms with E-state index in [1.807, 2.05) is 61.5 Å². The lowest BCUT2D eigenvalue weighted by molar-refractivity contribution is 1.42. The minimum Gasteiger partial charge on any atom is -0.192 e. The minimum atomic E-state index is 0.648. The fraction of sp³-hybridized carbons (Fsp3) is 0.0625. The van der Waals surface area contributed by atoms with Gasteiger partial charge in [-0.15, -0.1) is 0 Å². The molecule has 0 radical (unpaired) electrons. The molecule has 0 saturated heterocycles. The summed E-state index contributed by atoms with van der Waals surface area (Å²) in [6.07, 6.45) is 1.86. The van der Waals surface area contributed by atoms with Crippen LogP contribution in [0.1, 0.15) is 16.7 Å². The maximum Gasteiger partial charge on any atom is 0.0998 e. The van der Waals surface area contributed by atoms with E-state index in [0.717, 1.165) is 16.7 Å². The van der Waals surface area contributed by atoms with Crippen molar-refractivity contribution in [2.24, 2.45) is 0 Å². The van der Waals surface area contributed by atoms with Crippen molar-refractivity contribution < 1.29 is 0 Å². The van der Waals surface area contributed by atoms with E-state index in [1.54, 1.807) is 0 Å². The van der Waals surface area contributed by atoms with E-state index in [9.17, 15) is 5.26 Å². The summed E-state index contributed by atoms with van der Waals surface area (Å²) in [4.78, 5) is 0. The molecule has 0 bridgehead atoms. The van der Waals surface area contributed by atoms with E-state index in [1.165, 1.54) is 0 Å². The number of aryl methyl sites for hydroxylation is 1. The second kappa shape index (κ2) is 5.53. The number of hydrogen-bond acceptors (Lipinski definition) is 1. The molecule has 2 aromatic rings. The summed E-state index contributed by atoms with van der Waals surface area (Å²) in [6, 6.07) is 17.6. The Morgan fingerprint density at radius 3 is 2.61 bits per heavy atom. The zero-order valence-corrected chi connectivity index (χ0v) is 10.8. The average Bonchev–Trinajstić information content (AvgIpc) is 2.37. The molecule has 0 saturated carbocycles. The van der Waals surface area contributed by atoms with Crippen LogP contribution in [0.3, 0.4) is 0 Å². The Bertz CT molecular complexity index is 636. The van der Waals surface area contributed by atoms with Gasteiger partial charge in [0, 0.05) is 5.02 Å². The highest BCUT2D eigenvalue weighted by molar-refractivity contribution is 6.30. The fourth-order valence-corrected chi connectivity index (χ4v) is 2.01. The monoisotopic (exact) mass is 253 g/mol. The topological polar surface area (TPSA) is 23.8 Å². The Kier molecular flexibility index (Phi) is 3.82. The van der Waals surface area contributed by atoms with Crippen LogP contribution in [-0.4, -0.2) is 0 Å². The van der Waals surface area contributed by atoms with E-state index in [4.69, 9.17) is 11.6 Å². The van der Waals surface area contributed by atoms with Crippen molar-refractivity contribution in [3.63, 3.8) is 0 Å². The molecular weight excluding hydrogens is 242 g/mol. The SMILES string of the molecule is Cc1ccccc1/C(C#N)=C\c1cccc(Cl)c1. The van der Waals surface area contributed by atoms with E-state index in [-0.39, 0.29) is 0 Å². The lowest BCUT2D eigenvalue weighted by atomic mass is 9.99. The Morgan fingerprint density at radius 1 is 1.17 bits per heavy atom. The van der Waals surface area contributed by atoms with Crippen LogP contribution in [0.25, 0.3) is 11.6 Å². The summed E-state index contributed by atoms with van der Waals surface area (Å²) in [7, 11) is 0. The van der Waals surface area contributed by atoms with Crippen molar-refractivity contribution in [1.29, 1.82) is 5.26 Å². The predicted molar refractivity (Wildman–Crippen MR) is 76.1 cm³/mol. The number of rotatable bonds is 2. The molecule has 0 fully saturated rings. The van der Waals surface area contributed by atoms with Gasteiger partial charge in [-0.1, -0.05) is 48.0 Å². The van der Waals surface area contributed by atoms with E-state index in [0.29, 0.717) is 10.6 Å². The Morgan fingerprint density at radius 2 is 1.94 bits per heavy atom. The van der Waals surface area contributed by atoms with Crippen LogP contribution in [-0.2, 0) is 0 Å². The van der Waals surface area contributed by atoms with Crippen LogP contribution >= 0.6 is 11.6 Å². The molecule has 2 heteroatoms. The summed E-state index contributed by atoms with van der Waals surface area (Å²) in [5, 5.41) is 9.96. The zero-order valence-electron chi connectivity index (χ0n) is 10.0. The summed E-state index contributed by atoms with van der Waals surface area (Å²) < 4.78 is 0. The molecule has 18 heavy (non-hydrogen) atoms. The minimum absolute atomic E-state index is 0.648. The first kappa shape index (κ1) is 12.4. The molecule has 2 aromatic carbocycles. The summed E-state index contributed by atoms with van der Waals surface area (Å²) in [6.45, 7) is 2.00. The van der Waals surface area contributed by atoms with Crippen molar-refractivity contribution >= 4 is 23.3 Å². The second-order valence-electron chi connectivity index (χ2n) is 4.04. The maximum absolute atomic E-state index is 9.28. The van der Waals surface area contributed by atoms with Gasteiger partial charge < -0.3 is 0 Å². The van der Waals surface area contributed by atoms with Crippen molar-refractivity contribution in [3.8, 4) is 6.07 Å². The highest BCUT2D eigenvalue weighted by Crippen LogP contribution is 2.22. The molecule has 0 heterocycles. The van der Waals surface area contributed by atoms with Gasteiger partial charge in [-0.2, -0.15) is 5.26 Å². The average molecular weight is 254 g/mol. The highest BCUT2D eigenvalue weighted by atomic mass is 35.5. The van der Waals surface area contributed by atoms with Crippen LogP contribution in [0.4, 0.5) is 0 Å². The van der Waals surface area contributed by atoms with Gasteiger partial charge in [-0.05, 0) is 41.8 Å². The number of halogens is 1. The van der Waals surface area contributed by atoms with Gasteiger partial charge in [0.2, 0.25) is 0 Å². The van der Waals surface area contributed by atoms with Crippen molar-refractivity contribution in [2.75, 3.05) is 0 Å². The Hall–Kier alpha value is -2.04. The van der Waals surface area contributed by atoms with Crippen LogP contribution in [0, 0.1) is 18.3 Å². The molecule has 0 spiro atoms. The van der Waals surface area contributed by atoms with E-state index < -0.39 is 0 Å². The molecule has 0 unspecified atom stereocenters. The summed E-state index contributed by atoms with van der Waals surface area (Å²) in [5.41, 5.74) is 3.63. The van der Waals surface area contributed by atoms with Gasteiger partial charge in [0.15, 0.2) is 0 Å². The first-order valence-electron chi connectivity index (χ1n) is 5.64. The van der Waals surface area contributed by atoms with Crippen molar-refractivity contribution in [1.82, 2.24) is 0 Å². The Balaban J connectivity index is 2.48. The molecule has 2 rings (SSSR count).